The normalized spacial score (nSPS) is 16.9. The first-order valence-electron chi connectivity index (χ1n) is 5.08. The van der Waals surface area contributed by atoms with Crippen LogP contribution in [0.5, 0.6) is 0 Å². The third kappa shape index (κ3) is 3.70. The smallest absolute Gasteiger partial charge is 0.130 e. The van der Waals surface area contributed by atoms with Crippen molar-refractivity contribution in [2.45, 2.75) is 40.0 Å². The average molecular weight is 210 g/mol. The zero-order valence-corrected chi connectivity index (χ0v) is 10.0. The van der Waals surface area contributed by atoms with Crippen LogP contribution in [0.2, 0.25) is 0 Å². The van der Waals surface area contributed by atoms with Crippen molar-refractivity contribution in [1.29, 1.82) is 0 Å². The summed E-state index contributed by atoms with van der Waals surface area (Å²) in [7, 11) is 0. The molecule has 0 bridgehead atoms. The molecule has 0 heterocycles. The number of allylic oxidation sites excluding steroid dienone is 3. The SMILES string of the molecule is CC(=O)CCSC1=C(C)CCC(C)=C1. The Morgan fingerprint density at radius 1 is 1.43 bits per heavy atom. The maximum atomic E-state index is 10.8. The standard InChI is InChI=1S/C12H18OS/c1-9-4-5-10(2)12(8-9)14-7-6-11(3)13/h8H,4-7H2,1-3H3. The van der Waals surface area contributed by atoms with E-state index in [-0.39, 0.29) is 5.78 Å². The molecular formula is C12H18OS. The van der Waals surface area contributed by atoms with Crippen molar-refractivity contribution in [3.05, 3.63) is 22.1 Å². The molecule has 0 aromatic heterocycles. The van der Waals surface area contributed by atoms with Crippen LogP contribution >= 0.6 is 11.8 Å². The summed E-state index contributed by atoms with van der Waals surface area (Å²) < 4.78 is 0. The minimum atomic E-state index is 0.285. The minimum Gasteiger partial charge on any atom is -0.300 e. The number of hydrogen-bond donors (Lipinski definition) is 0. The van der Waals surface area contributed by atoms with Gasteiger partial charge >= 0.3 is 0 Å². The fraction of sp³-hybridized carbons (Fsp3) is 0.583. The van der Waals surface area contributed by atoms with E-state index in [9.17, 15) is 4.79 Å². The summed E-state index contributed by atoms with van der Waals surface area (Å²) in [5, 5.41) is 0. The first-order chi connectivity index (χ1) is 6.59. The van der Waals surface area contributed by atoms with Crippen molar-refractivity contribution in [3.63, 3.8) is 0 Å². The minimum absolute atomic E-state index is 0.285. The molecule has 0 spiro atoms. The van der Waals surface area contributed by atoms with Gasteiger partial charge in [-0.15, -0.1) is 11.8 Å². The number of hydrogen-bond acceptors (Lipinski definition) is 2. The second-order valence-electron chi connectivity index (χ2n) is 3.94. The van der Waals surface area contributed by atoms with Crippen LogP contribution in [0.1, 0.15) is 40.0 Å². The molecule has 0 aromatic carbocycles. The molecule has 0 radical (unpaired) electrons. The number of carbonyl (C=O) groups excluding carboxylic acids is 1. The zero-order valence-electron chi connectivity index (χ0n) is 9.22. The van der Waals surface area contributed by atoms with Gasteiger partial charge in [0.25, 0.3) is 0 Å². The Morgan fingerprint density at radius 2 is 2.14 bits per heavy atom. The fourth-order valence-corrected chi connectivity index (χ4v) is 2.64. The third-order valence-corrected chi connectivity index (χ3v) is 3.59. The van der Waals surface area contributed by atoms with Crippen LogP contribution in [0.4, 0.5) is 0 Å². The quantitative estimate of drug-likeness (QED) is 0.703. The van der Waals surface area contributed by atoms with E-state index in [2.05, 4.69) is 19.9 Å². The Bertz CT molecular complexity index is 287. The summed E-state index contributed by atoms with van der Waals surface area (Å²) in [6.45, 7) is 6.03. The summed E-state index contributed by atoms with van der Waals surface area (Å²) in [4.78, 5) is 12.2. The van der Waals surface area contributed by atoms with Gasteiger partial charge in [-0.2, -0.15) is 0 Å². The molecule has 0 aliphatic heterocycles. The topological polar surface area (TPSA) is 17.1 Å². The van der Waals surface area contributed by atoms with Crippen LogP contribution in [-0.4, -0.2) is 11.5 Å². The van der Waals surface area contributed by atoms with Crippen LogP contribution in [0.3, 0.4) is 0 Å². The molecule has 0 aromatic rings. The maximum Gasteiger partial charge on any atom is 0.130 e. The molecule has 0 saturated heterocycles. The Kier molecular flexibility index (Phi) is 4.46. The Balaban J connectivity index is 2.46. The van der Waals surface area contributed by atoms with E-state index >= 15 is 0 Å². The Morgan fingerprint density at radius 3 is 2.79 bits per heavy atom. The van der Waals surface area contributed by atoms with Gasteiger partial charge < -0.3 is 0 Å². The highest BCUT2D eigenvalue weighted by Crippen LogP contribution is 2.31. The van der Waals surface area contributed by atoms with E-state index in [1.165, 1.54) is 28.9 Å². The average Bonchev–Trinajstić information content (AvgIpc) is 2.10. The van der Waals surface area contributed by atoms with E-state index in [0.717, 1.165) is 5.75 Å². The third-order valence-electron chi connectivity index (χ3n) is 2.40. The van der Waals surface area contributed by atoms with Crippen molar-refractivity contribution < 1.29 is 4.79 Å². The van der Waals surface area contributed by atoms with Gasteiger partial charge in [0.15, 0.2) is 0 Å². The van der Waals surface area contributed by atoms with Crippen LogP contribution < -0.4 is 0 Å². The fourth-order valence-electron chi connectivity index (χ4n) is 1.40. The van der Waals surface area contributed by atoms with Gasteiger partial charge in [0.2, 0.25) is 0 Å². The van der Waals surface area contributed by atoms with E-state index in [1.54, 1.807) is 6.92 Å². The predicted molar refractivity (Wildman–Crippen MR) is 63.4 cm³/mol. The van der Waals surface area contributed by atoms with E-state index in [4.69, 9.17) is 0 Å². The number of carbonyl (C=O) groups is 1. The van der Waals surface area contributed by atoms with Crippen molar-refractivity contribution >= 4 is 17.5 Å². The van der Waals surface area contributed by atoms with Gasteiger partial charge in [0.1, 0.15) is 5.78 Å². The molecule has 2 heteroatoms. The molecule has 1 nitrogen and oxygen atoms in total. The monoisotopic (exact) mass is 210 g/mol. The second-order valence-corrected chi connectivity index (χ2v) is 5.07. The van der Waals surface area contributed by atoms with Crippen LogP contribution in [0, 0.1) is 0 Å². The summed E-state index contributed by atoms with van der Waals surface area (Å²) in [6, 6.07) is 0. The predicted octanol–water partition coefficient (Wildman–Crippen LogP) is 3.71. The van der Waals surface area contributed by atoms with Gasteiger partial charge in [-0.25, -0.2) is 0 Å². The molecule has 78 valence electrons. The van der Waals surface area contributed by atoms with Crippen LogP contribution in [-0.2, 0) is 4.79 Å². The van der Waals surface area contributed by atoms with Crippen molar-refractivity contribution in [3.8, 4) is 0 Å². The number of thioether (sulfide) groups is 1. The second kappa shape index (κ2) is 5.40. The molecule has 0 saturated carbocycles. The van der Waals surface area contributed by atoms with E-state index in [0.29, 0.717) is 6.42 Å². The first kappa shape index (κ1) is 11.6. The van der Waals surface area contributed by atoms with Gasteiger partial charge in [-0.05, 0) is 39.7 Å². The number of ketones is 1. The highest BCUT2D eigenvalue weighted by Gasteiger charge is 2.08. The van der Waals surface area contributed by atoms with E-state index < -0.39 is 0 Å². The lowest BCUT2D eigenvalue weighted by Gasteiger charge is -2.14. The Labute approximate surface area is 90.7 Å². The zero-order chi connectivity index (χ0) is 10.6. The van der Waals surface area contributed by atoms with Crippen molar-refractivity contribution in [2.75, 3.05) is 5.75 Å². The molecule has 14 heavy (non-hydrogen) atoms. The molecule has 1 aliphatic rings. The van der Waals surface area contributed by atoms with Gasteiger partial charge in [0, 0.05) is 17.1 Å². The summed E-state index contributed by atoms with van der Waals surface area (Å²) in [6.07, 6.45) is 5.34. The van der Waals surface area contributed by atoms with Crippen LogP contribution in [0.15, 0.2) is 22.1 Å². The molecule has 0 unspecified atom stereocenters. The van der Waals surface area contributed by atoms with E-state index in [1.807, 2.05) is 11.8 Å². The molecular weight excluding hydrogens is 192 g/mol. The summed E-state index contributed by atoms with van der Waals surface area (Å²) in [5.74, 6) is 1.21. The molecule has 0 amide bonds. The lowest BCUT2D eigenvalue weighted by molar-refractivity contribution is -0.116. The Hall–Kier alpha value is -0.500. The first-order valence-corrected chi connectivity index (χ1v) is 6.07. The lowest BCUT2D eigenvalue weighted by Crippen LogP contribution is -1.96. The lowest BCUT2D eigenvalue weighted by atomic mass is 10.0. The molecule has 0 atom stereocenters. The van der Waals surface area contributed by atoms with Gasteiger partial charge in [-0.3, -0.25) is 4.79 Å². The number of Topliss-reactive ketones (excluding diaryl/α,β-unsaturated/α-hetero) is 1. The summed E-state index contributed by atoms with van der Waals surface area (Å²) >= 11 is 1.82. The van der Waals surface area contributed by atoms with Gasteiger partial charge in [-0.1, -0.05) is 11.1 Å². The van der Waals surface area contributed by atoms with Crippen molar-refractivity contribution in [2.24, 2.45) is 0 Å². The highest BCUT2D eigenvalue weighted by molar-refractivity contribution is 8.03. The number of rotatable bonds is 4. The van der Waals surface area contributed by atoms with Crippen LogP contribution in [0.25, 0.3) is 0 Å². The van der Waals surface area contributed by atoms with Crippen molar-refractivity contribution in [1.82, 2.24) is 0 Å². The highest BCUT2D eigenvalue weighted by atomic mass is 32.2. The summed E-state index contributed by atoms with van der Waals surface area (Å²) in [5.41, 5.74) is 2.94. The molecule has 0 fully saturated rings. The van der Waals surface area contributed by atoms with Gasteiger partial charge in [0.05, 0.1) is 0 Å². The largest absolute Gasteiger partial charge is 0.300 e. The maximum absolute atomic E-state index is 10.8. The molecule has 1 aliphatic carbocycles. The molecule has 1 rings (SSSR count). The molecule has 0 N–H and O–H groups in total.